The SMILES string of the molecule is Cc1ccc(CNC(=O)CCN)cc1F. The van der Waals surface area contributed by atoms with Crippen molar-refractivity contribution in [1.29, 1.82) is 0 Å². The van der Waals surface area contributed by atoms with Crippen LogP contribution in [0.1, 0.15) is 17.5 Å². The van der Waals surface area contributed by atoms with Gasteiger partial charge >= 0.3 is 0 Å². The second-order valence-corrected chi connectivity index (χ2v) is 3.40. The molecular formula is C11H15FN2O. The summed E-state index contributed by atoms with van der Waals surface area (Å²) in [4.78, 5) is 11.1. The van der Waals surface area contributed by atoms with E-state index < -0.39 is 0 Å². The Balaban J connectivity index is 2.51. The Morgan fingerprint density at radius 2 is 2.27 bits per heavy atom. The molecule has 0 atom stereocenters. The molecular weight excluding hydrogens is 195 g/mol. The lowest BCUT2D eigenvalue weighted by molar-refractivity contribution is -0.121. The third-order valence-electron chi connectivity index (χ3n) is 2.10. The highest BCUT2D eigenvalue weighted by Gasteiger charge is 2.02. The van der Waals surface area contributed by atoms with E-state index in [0.29, 0.717) is 25.1 Å². The van der Waals surface area contributed by atoms with Crippen molar-refractivity contribution >= 4 is 5.91 Å². The van der Waals surface area contributed by atoms with E-state index >= 15 is 0 Å². The number of hydrogen-bond donors (Lipinski definition) is 2. The van der Waals surface area contributed by atoms with Crippen LogP contribution in [0.2, 0.25) is 0 Å². The summed E-state index contributed by atoms with van der Waals surface area (Å²) >= 11 is 0. The van der Waals surface area contributed by atoms with Gasteiger partial charge in [-0.25, -0.2) is 4.39 Å². The zero-order valence-corrected chi connectivity index (χ0v) is 8.72. The van der Waals surface area contributed by atoms with Crippen LogP contribution in [-0.2, 0) is 11.3 Å². The summed E-state index contributed by atoms with van der Waals surface area (Å²) in [7, 11) is 0. The predicted molar refractivity (Wildman–Crippen MR) is 56.7 cm³/mol. The lowest BCUT2D eigenvalue weighted by Gasteiger charge is -2.05. The number of benzene rings is 1. The van der Waals surface area contributed by atoms with Crippen molar-refractivity contribution in [2.75, 3.05) is 6.54 Å². The van der Waals surface area contributed by atoms with Gasteiger partial charge in [-0.05, 0) is 24.1 Å². The number of carbonyl (C=O) groups excluding carboxylic acids is 1. The molecule has 82 valence electrons. The van der Waals surface area contributed by atoms with Gasteiger partial charge in [-0.15, -0.1) is 0 Å². The molecule has 0 bridgehead atoms. The highest BCUT2D eigenvalue weighted by molar-refractivity contribution is 5.76. The molecule has 0 heterocycles. The molecule has 0 spiro atoms. The Morgan fingerprint density at radius 3 is 2.87 bits per heavy atom. The van der Waals surface area contributed by atoms with Crippen molar-refractivity contribution in [3.8, 4) is 0 Å². The van der Waals surface area contributed by atoms with Gasteiger partial charge in [0, 0.05) is 19.5 Å². The molecule has 0 aliphatic rings. The van der Waals surface area contributed by atoms with Crippen LogP contribution in [0, 0.1) is 12.7 Å². The highest BCUT2D eigenvalue weighted by Crippen LogP contribution is 2.08. The van der Waals surface area contributed by atoms with Gasteiger partial charge in [0.25, 0.3) is 0 Å². The van der Waals surface area contributed by atoms with E-state index in [1.807, 2.05) is 0 Å². The summed E-state index contributed by atoms with van der Waals surface area (Å²) in [6.07, 6.45) is 0.300. The van der Waals surface area contributed by atoms with Crippen LogP contribution in [0.4, 0.5) is 4.39 Å². The van der Waals surface area contributed by atoms with E-state index in [9.17, 15) is 9.18 Å². The molecule has 0 saturated carbocycles. The smallest absolute Gasteiger partial charge is 0.221 e. The van der Waals surface area contributed by atoms with Crippen molar-refractivity contribution in [3.05, 3.63) is 35.1 Å². The summed E-state index contributed by atoms with van der Waals surface area (Å²) < 4.78 is 13.1. The van der Waals surface area contributed by atoms with Gasteiger partial charge < -0.3 is 11.1 Å². The molecule has 0 aliphatic heterocycles. The zero-order chi connectivity index (χ0) is 11.3. The normalized spacial score (nSPS) is 10.1. The molecule has 0 aliphatic carbocycles. The van der Waals surface area contributed by atoms with Crippen molar-refractivity contribution in [1.82, 2.24) is 5.32 Å². The van der Waals surface area contributed by atoms with Crippen LogP contribution in [0.15, 0.2) is 18.2 Å². The zero-order valence-electron chi connectivity index (χ0n) is 8.72. The van der Waals surface area contributed by atoms with E-state index in [4.69, 9.17) is 5.73 Å². The van der Waals surface area contributed by atoms with Crippen LogP contribution in [0.3, 0.4) is 0 Å². The molecule has 1 rings (SSSR count). The minimum atomic E-state index is -0.249. The molecule has 1 aromatic carbocycles. The Morgan fingerprint density at radius 1 is 1.53 bits per heavy atom. The topological polar surface area (TPSA) is 55.1 Å². The molecule has 4 heteroatoms. The molecule has 0 fully saturated rings. The van der Waals surface area contributed by atoms with Gasteiger partial charge in [-0.2, -0.15) is 0 Å². The van der Waals surface area contributed by atoms with Gasteiger partial charge in [-0.3, -0.25) is 4.79 Å². The number of amides is 1. The maximum atomic E-state index is 13.1. The summed E-state index contributed by atoms with van der Waals surface area (Å²) in [6.45, 7) is 2.37. The van der Waals surface area contributed by atoms with Gasteiger partial charge in [0.15, 0.2) is 0 Å². The summed E-state index contributed by atoms with van der Waals surface area (Å²) in [5, 5.41) is 2.66. The third-order valence-corrected chi connectivity index (χ3v) is 2.10. The summed E-state index contributed by atoms with van der Waals surface area (Å²) in [5.41, 5.74) is 6.58. The molecule has 0 unspecified atom stereocenters. The fourth-order valence-electron chi connectivity index (χ4n) is 1.17. The molecule has 3 nitrogen and oxygen atoms in total. The average Bonchev–Trinajstić information content (AvgIpc) is 2.20. The van der Waals surface area contributed by atoms with Crippen molar-refractivity contribution < 1.29 is 9.18 Å². The van der Waals surface area contributed by atoms with Gasteiger partial charge in [0.2, 0.25) is 5.91 Å². The number of aryl methyl sites for hydroxylation is 1. The monoisotopic (exact) mass is 210 g/mol. The second kappa shape index (κ2) is 5.46. The third kappa shape index (κ3) is 3.67. The maximum absolute atomic E-state index is 13.1. The minimum absolute atomic E-state index is 0.113. The summed E-state index contributed by atoms with van der Waals surface area (Å²) in [5.74, 6) is -0.362. The Labute approximate surface area is 88.5 Å². The minimum Gasteiger partial charge on any atom is -0.352 e. The molecule has 0 saturated heterocycles. The van der Waals surface area contributed by atoms with Gasteiger partial charge in [0.05, 0.1) is 0 Å². The largest absolute Gasteiger partial charge is 0.352 e. The quantitative estimate of drug-likeness (QED) is 0.781. The maximum Gasteiger partial charge on any atom is 0.221 e. The van der Waals surface area contributed by atoms with Crippen LogP contribution in [-0.4, -0.2) is 12.5 Å². The van der Waals surface area contributed by atoms with E-state index in [0.717, 1.165) is 5.56 Å². The molecule has 0 radical (unpaired) electrons. The van der Waals surface area contributed by atoms with E-state index in [1.54, 1.807) is 19.1 Å². The first kappa shape index (κ1) is 11.7. The fourth-order valence-corrected chi connectivity index (χ4v) is 1.17. The molecule has 15 heavy (non-hydrogen) atoms. The van der Waals surface area contributed by atoms with Crippen LogP contribution in [0.5, 0.6) is 0 Å². The Bertz CT molecular complexity index is 352. The van der Waals surface area contributed by atoms with E-state index in [1.165, 1.54) is 6.07 Å². The van der Waals surface area contributed by atoms with Gasteiger partial charge in [0.1, 0.15) is 5.82 Å². The number of rotatable bonds is 4. The van der Waals surface area contributed by atoms with Crippen LogP contribution >= 0.6 is 0 Å². The summed E-state index contributed by atoms with van der Waals surface area (Å²) in [6, 6.07) is 4.92. The standard InChI is InChI=1S/C11H15FN2O/c1-8-2-3-9(6-10(8)12)7-14-11(15)4-5-13/h2-3,6H,4-5,7,13H2,1H3,(H,14,15). The average molecular weight is 210 g/mol. The first-order chi connectivity index (χ1) is 7.13. The number of halogens is 1. The predicted octanol–water partition coefficient (Wildman–Crippen LogP) is 1.10. The Kier molecular flexibility index (Phi) is 4.24. The lowest BCUT2D eigenvalue weighted by atomic mass is 10.1. The molecule has 3 N–H and O–H groups in total. The molecule has 1 aromatic rings. The number of hydrogen-bond acceptors (Lipinski definition) is 2. The number of carbonyl (C=O) groups is 1. The van der Waals surface area contributed by atoms with E-state index in [2.05, 4.69) is 5.32 Å². The number of nitrogens with one attached hydrogen (secondary N) is 1. The first-order valence-corrected chi connectivity index (χ1v) is 4.85. The first-order valence-electron chi connectivity index (χ1n) is 4.85. The molecule has 1 amide bonds. The number of nitrogens with two attached hydrogens (primary N) is 1. The van der Waals surface area contributed by atoms with Crippen molar-refractivity contribution in [2.24, 2.45) is 5.73 Å². The second-order valence-electron chi connectivity index (χ2n) is 3.40. The van der Waals surface area contributed by atoms with E-state index in [-0.39, 0.29) is 11.7 Å². The van der Waals surface area contributed by atoms with Gasteiger partial charge in [-0.1, -0.05) is 12.1 Å². The Hall–Kier alpha value is -1.42. The van der Waals surface area contributed by atoms with Crippen LogP contribution in [0.25, 0.3) is 0 Å². The molecule has 0 aromatic heterocycles. The van der Waals surface area contributed by atoms with Crippen LogP contribution < -0.4 is 11.1 Å². The van der Waals surface area contributed by atoms with Crippen molar-refractivity contribution in [3.63, 3.8) is 0 Å². The van der Waals surface area contributed by atoms with Crippen molar-refractivity contribution in [2.45, 2.75) is 19.9 Å². The fraction of sp³-hybridized carbons (Fsp3) is 0.364. The lowest BCUT2D eigenvalue weighted by Crippen LogP contribution is -2.25. The highest BCUT2D eigenvalue weighted by atomic mass is 19.1.